The monoisotopic (exact) mass is 591 g/mol. The minimum absolute atomic E-state index is 0.294. The summed E-state index contributed by atoms with van der Waals surface area (Å²) in [4.78, 5) is 38.8. The molecule has 0 aliphatic heterocycles. The maximum absolute atomic E-state index is 12.9. The molecule has 1 aromatic rings. The number of unbranched alkanes of at least 4 members (excludes halogenated alkanes) is 3. The first-order valence-corrected chi connectivity index (χ1v) is 15.8. The molecule has 1 aromatic carbocycles. The fourth-order valence-corrected chi connectivity index (χ4v) is 4.11. The summed E-state index contributed by atoms with van der Waals surface area (Å²) < 4.78 is 0. The van der Waals surface area contributed by atoms with Crippen LogP contribution in [-0.2, 0) is 0 Å². The van der Waals surface area contributed by atoms with Crippen LogP contribution in [0.4, 0.5) is 0 Å². The number of amides is 3. The predicted molar refractivity (Wildman–Crippen MR) is 171 cm³/mol. The van der Waals surface area contributed by atoms with Gasteiger partial charge in [0.2, 0.25) is 0 Å². The van der Waals surface area contributed by atoms with Crippen molar-refractivity contribution in [3.8, 4) is 0 Å². The van der Waals surface area contributed by atoms with E-state index in [2.05, 4.69) is 31.9 Å². The van der Waals surface area contributed by atoms with Crippen LogP contribution in [0.2, 0.25) is 0 Å². The molecule has 0 spiro atoms. The van der Waals surface area contributed by atoms with E-state index < -0.39 is 0 Å². The zero-order valence-electron chi connectivity index (χ0n) is 25.5. The summed E-state index contributed by atoms with van der Waals surface area (Å²) in [6, 6.07) is 4.66. The Morgan fingerprint density at radius 3 is 0.905 bits per heavy atom. The van der Waals surface area contributed by atoms with E-state index in [1.807, 2.05) is 0 Å². The van der Waals surface area contributed by atoms with Gasteiger partial charge in [0.1, 0.15) is 0 Å². The molecule has 0 aliphatic rings. The number of benzene rings is 1. The van der Waals surface area contributed by atoms with Gasteiger partial charge in [0.25, 0.3) is 17.7 Å². The van der Waals surface area contributed by atoms with Gasteiger partial charge in [-0.2, -0.15) is 0 Å². The first-order valence-electron chi connectivity index (χ1n) is 15.8. The number of nitrogens with one attached hydrogen (secondary N) is 6. The van der Waals surface area contributed by atoms with Crippen LogP contribution in [0.5, 0.6) is 0 Å². The van der Waals surface area contributed by atoms with Gasteiger partial charge in [0.15, 0.2) is 0 Å². The van der Waals surface area contributed by atoms with E-state index >= 15 is 0 Å². The average Bonchev–Trinajstić information content (AvgIpc) is 3.00. The standard InChI is InChI=1S/C30H57N9O3/c31-10-7-16-34-13-1-4-19-37-28(40)25-22-26(29(41)38-20-5-2-14-35-17-8-11-32)24-27(23-25)30(42)39-21-6-3-15-36-18-9-12-33/h22-24,34-36H,1-21,31-33H2,(H,37,40)(H,38,41)(H,39,42). The molecule has 0 saturated heterocycles. The van der Waals surface area contributed by atoms with Crippen molar-refractivity contribution in [3.63, 3.8) is 0 Å². The molecule has 0 fully saturated rings. The minimum atomic E-state index is -0.304. The van der Waals surface area contributed by atoms with Crippen LogP contribution in [0.15, 0.2) is 18.2 Å². The zero-order valence-corrected chi connectivity index (χ0v) is 25.5. The molecule has 12 nitrogen and oxygen atoms in total. The average molecular weight is 592 g/mol. The largest absolute Gasteiger partial charge is 0.352 e. The lowest BCUT2D eigenvalue weighted by Crippen LogP contribution is -2.30. The molecule has 240 valence electrons. The molecule has 0 saturated carbocycles. The van der Waals surface area contributed by atoms with Gasteiger partial charge in [-0.05, 0) is 135 Å². The molecule has 3 amide bonds. The van der Waals surface area contributed by atoms with Crippen LogP contribution in [0.3, 0.4) is 0 Å². The Morgan fingerprint density at radius 2 is 0.643 bits per heavy atom. The van der Waals surface area contributed by atoms with Crippen LogP contribution in [0.1, 0.15) is 88.9 Å². The van der Waals surface area contributed by atoms with Gasteiger partial charge in [-0.3, -0.25) is 14.4 Å². The van der Waals surface area contributed by atoms with E-state index in [1.54, 1.807) is 18.2 Å². The second kappa shape index (κ2) is 26.1. The summed E-state index contributed by atoms with van der Waals surface area (Å²) in [5.41, 5.74) is 17.4. The Balaban J connectivity index is 2.67. The third-order valence-electron chi connectivity index (χ3n) is 6.59. The van der Waals surface area contributed by atoms with E-state index in [4.69, 9.17) is 17.2 Å². The summed E-state index contributed by atoms with van der Waals surface area (Å²) >= 11 is 0. The Hall–Kier alpha value is -2.61. The van der Waals surface area contributed by atoms with E-state index in [-0.39, 0.29) is 17.7 Å². The number of hydrogen-bond donors (Lipinski definition) is 9. The van der Waals surface area contributed by atoms with Crippen molar-refractivity contribution < 1.29 is 14.4 Å². The van der Waals surface area contributed by atoms with Gasteiger partial charge in [0, 0.05) is 36.3 Å². The molecule has 0 unspecified atom stereocenters. The summed E-state index contributed by atoms with van der Waals surface area (Å²) in [6.07, 6.45) is 8.04. The first-order chi connectivity index (χ1) is 20.5. The lowest BCUT2D eigenvalue weighted by molar-refractivity contribution is 0.0952. The highest BCUT2D eigenvalue weighted by Crippen LogP contribution is 2.12. The number of rotatable bonds is 27. The van der Waals surface area contributed by atoms with Gasteiger partial charge < -0.3 is 49.1 Å². The summed E-state index contributed by atoms with van der Waals surface area (Å²) in [5.74, 6) is -0.911. The highest BCUT2D eigenvalue weighted by Gasteiger charge is 2.16. The fourth-order valence-electron chi connectivity index (χ4n) is 4.11. The number of nitrogens with two attached hydrogens (primary N) is 3. The number of carbonyl (C=O) groups is 3. The Labute approximate surface area is 252 Å². The Morgan fingerprint density at radius 1 is 0.405 bits per heavy atom. The van der Waals surface area contributed by atoms with Crippen molar-refractivity contribution >= 4 is 17.7 Å². The van der Waals surface area contributed by atoms with Crippen molar-refractivity contribution in [3.05, 3.63) is 34.9 Å². The Bertz CT molecular complexity index is 749. The van der Waals surface area contributed by atoms with Crippen molar-refractivity contribution in [2.75, 3.05) is 78.5 Å². The lowest BCUT2D eigenvalue weighted by Gasteiger charge is -2.12. The summed E-state index contributed by atoms with van der Waals surface area (Å²) in [5, 5.41) is 18.7. The molecule has 1 rings (SSSR count). The molecule has 0 aromatic heterocycles. The molecular formula is C30H57N9O3. The highest BCUT2D eigenvalue weighted by atomic mass is 16.2. The molecule has 0 atom stereocenters. The van der Waals surface area contributed by atoms with Gasteiger partial charge in [0.05, 0.1) is 0 Å². The molecule has 0 radical (unpaired) electrons. The molecule has 0 bridgehead atoms. The van der Waals surface area contributed by atoms with Crippen molar-refractivity contribution in [2.24, 2.45) is 17.2 Å². The minimum Gasteiger partial charge on any atom is -0.352 e. The summed E-state index contributed by atoms with van der Waals surface area (Å²) in [6.45, 7) is 8.78. The SMILES string of the molecule is NCCCNCCCCNC(=O)c1cc(C(=O)NCCCCNCCCN)cc(C(=O)NCCCCNCCCN)c1. The highest BCUT2D eigenvalue weighted by molar-refractivity contribution is 6.04. The van der Waals surface area contributed by atoms with Crippen molar-refractivity contribution in [1.29, 1.82) is 0 Å². The molecule has 12 N–H and O–H groups in total. The number of carbonyl (C=O) groups excluding carboxylic acids is 3. The van der Waals surface area contributed by atoms with E-state index in [0.29, 0.717) is 56.0 Å². The molecule has 0 heterocycles. The van der Waals surface area contributed by atoms with Crippen LogP contribution in [0, 0.1) is 0 Å². The van der Waals surface area contributed by atoms with Gasteiger partial charge in [-0.1, -0.05) is 0 Å². The van der Waals surface area contributed by atoms with Crippen molar-refractivity contribution in [1.82, 2.24) is 31.9 Å². The molecular weight excluding hydrogens is 534 g/mol. The van der Waals surface area contributed by atoms with Crippen LogP contribution in [0.25, 0.3) is 0 Å². The second-order valence-corrected chi connectivity index (χ2v) is 10.4. The van der Waals surface area contributed by atoms with Crippen LogP contribution < -0.4 is 49.1 Å². The third kappa shape index (κ3) is 18.7. The smallest absolute Gasteiger partial charge is 0.251 e. The van der Waals surface area contributed by atoms with Crippen molar-refractivity contribution in [2.45, 2.75) is 57.8 Å². The maximum atomic E-state index is 12.9. The normalized spacial score (nSPS) is 10.9. The van der Waals surface area contributed by atoms with Gasteiger partial charge in [-0.25, -0.2) is 0 Å². The van der Waals surface area contributed by atoms with Crippen LogP contribution >= 0.6 is 0 Å². The number of hydrogen-bond acceptors (Lipinski definition) is 9. The quantitative estimate of drug-likeness (QED) is 0.0633. The lowest BCUT2D eigenvalue weighted by atomic mass is 10.0. The van der Waals surface area contributed by atoms with E-state index in [0.717, 1.165) is 97.1 Å². The van der Waals surface area contributed by atoms with E-state index in [1.165, 1.54) is 0 Å². The molecule has 12 heteroatoms. The van der Waals surface area contributed by atoms with E-state index in [9.17, 15) is 14.4 Å². The second-order valence-electron chi connectivity index (χ2n) is 10.4. The maximum Gasteiger partial charge on any atom is 0.251 e. The Kier molecular flexibility index (Phi) is 23.2. The molecule has 42 heavy (non-hydrogen) atoms. The topological polar surface area (TPSA) is 201 Å². The molecule has 0 aliphatic carbocycles. The third-order valence-corrected chi connectivity index (χ3v) is 6.59. The van der Waals surface area contributed by atoms with Gasteiger partial charge >= 0.3 is 0 Å². The predicted octanol–water partition coefficient (Wildman–Crippen LogP) is 0.0318. The van der Waals surface area contributed by atoms with Gasteiger partial charge in [-0.15, -0.1) is 0 Å². The summed E-state index contributed by atoms with van der Waals surface area (Å²) in [7, 11) is 0. The first kappa shape index (κ1) is 37.4. The fraction of sp³-hybridized carbons (Fsp3) is 0.700. The van der Waals surface area contributed by atoms with Crippen LogP contribution in [-0.4, -0.2) is 96.3 Å². The zero-order chi connectivity index (χ0) is 30.7.